The highest BCUT2D eigenvalue weighted by molar-refractivity contribution is 6.12. The van der Waals surface area contributed by atoms with Crippen molar-refractivity contribution in [3.8, 4) is 0 Å². The maximum Gasteiger partial charge on any atom is 0.0472 e. The van der Waals surface area contributed by atoms with E-state index in [9.17, 15) is 0 Å². The van der Waals surface area contributed by atoms with Crippen LogP contribution in [-0.2, 0) is 6.42 Å². The van der Waals surface area contributed by atoms with E-state index < -0.39 is 0 Å². The SMILES string of the molecule is C1=Cc2[nH]c3cc4c(cc3c2CC1)[nH]c1ccccc14. The molecule has 20 heavy (non-hydrogen) atoms. The number of allylic oxidation sites excluding steroid dienone is 1. The lowest BCUT2D eigenvalue weighted by atomic mass is 10.0. The number of hydrogen-bond donors (Lipinski definition) is 2. The molecule has 5 rings (SSSR count). The summed E-state index contributed by atoms with van der Waals surface area (Å²) >= 11 is 0. The van der Waals surface area contributed by atoms with Crippen LogP contribution in [0.15, 0.2) is 42.5 Å². The number of aryl methyl sites for hydroxylation is 1. The molecule has 2 heteroatoms. The van der Waals surface area contributed by atoms with Gasteiger partial charge in [-0.3, -0.25) is 0 Å². The molecular weight excluding hydrogens is 244 g/mol. The number of aromatic amines is 2. The van der Waals surface area contributed by atoms with Gasteiger partial charge in [-0.2, -0.15) is 0 Å². The quantitative estimate of drug-likeness (QED) is 0.455. The zero-order chi connectivity index (χ0) is 13.1. The summed E-state index contributed by atoms with van der Waals surface area (Å²) in [5, 5.41) is 3.96. The Morgan fingerprint density at radius 3 is 2.65 bits per heavy atom. The maximum absolute atomic E-state index is 3.56. The highest BCUT2D eigenvalue weighted by atomic mass is 14.7. The number of hydrogen-bond acceptors (Lipinski definition) is 0. The van der Waals surface area contributed by atoms with Crippen molar-refractivity contribution in [2.75, 3.05) is 0 Å². The van der Waals surface area contributed by atoms with Gasteiger partial charge in [0.05, 0.1) is 0 Å². The van der Waals surface area contributed by atoms with Crippen LogP contribution in [0.4, 0.5) is 0 Å². The first-order valence-electron chi connectivity index (χ1n) is 7.12. The largest absolute Gasteiger partial charge is 0.355 e. The van der Waals surface area contributed by atoms with Crippen molar-refractivity contribution in [3.05, 3.63) is 53.7 Å². The van der Waals surface area contributed by atoms with E-state index in [0.717, 1.165) is 12.8 Å². The van der Waals surface area contributed by atoms with Gasteiger partial charge < -0.3 is 9.97 Å². The molecule has 0 amide bonds. The van der Waals surface area contributed by atoms with Crippen LogP contribution in [0, 0.1) is 0 Å². The Morgan fingerprint density at radius 1 is 0.800 bits per heavy atom. The summed E-state index contributed by atoms with van der Waals surface area (Å²) in [5.41, 5.74) is 6.43. The molecule has 2 N–H and O–H groups in total. The standard InChI is InChI=1S/C18H14N2/c1-3-7-15-11(5-1)13-9-18-14(10-17(13)19-15)12-6-2-4-8-16(12)20-18/h1,3-5,7-10,19-20H,2,6H2. The molecule has 0 saturated heterocycles. The van der Waals surface area contributed by atoms with Crippen molar-refractivity contribution < 1.29 is 0 Å². The molecule has 0 saturated carbocycles. The normalized spacial score (nSPS) is 14.4. The number of para-hydroxylation sites is 1. The van der Waals surface area contributed by atoms with Gasteiger partial charge in [-0.1, -0.05) is 24.3 Å². The Morgan fingerprint density at radius 2 is 1.65 bits per heavy atom. The van der Waals surface area contributed by atoms with Gasteiger partial charge in [-0.05, 0) is 42.7 Å². The minimum absolute atomic E-state index is 1.14. The molecule has 1 aliphatic carbocycles. The van der Waals surface area contributed by atoms with Gasteiger partial charge in [-0.25, -0.2) is 0 Å². The zero-order valence-electron chi connectivity index (χ0n) is 11.0. The maximum atomic E-state index is 3.56. The molecule has 4 aromatic rings. The number of H-pyrrole nitrogens is 2. The van der Waals surface area contributed by atoms with E-state index in [-0.39, 0.29) is 0 Å². The summed E-state index contributed by atoms with van der Waals surface area (Å²) in [4.78, 5) is 7.10. The summed E-state index contributed by atoms with van der Waals surface area (Å²) in [6, 6.07) is 13.1. The second-order valence-electron chi connectivity index (χ2n) is 5.57. The highest BCUT2D eigenvalue weighted by Gasteiger charge is 2.14. The Kier molecular flexibility index (Phi) is 1.83. The average Bonchev–Trinajstić information content (AvgIpc) is 3.02. The Bertz CT molecular complexity index is 998. The molecule has 2 aromatic carbocycles. The lowest BCUT2D eigenvalue weighted by molar-refractivity contribution is 0.992. The van der Waals surface area contributed by atoms with Crippen LogP contribution >= 0.6 is 0 Å². The van der Waals surface area contributed by atoms with Gasteiger partial charge in [0, 0.05) is 38.4 Å². The van der Waals surface area contributed by atoms with Gasteiger partial charge in [0.25, 0.3) is 0 Å². The van der Waals surface area contributed by atoms with Gasteiger partial charge in [0.15, 0.2) is 0 Å². The first-order valence-corrected chi connectivity index (χ1v) is 7.12. The van der Waals surface area contributed by atoms with Crippen molar-refractivity contribution in [2.45, 2.75) is 12.8 Å². The molecule has 2 aromatic heterocycles. The minimum atomic E-state index is 1.14. The molecule has 0 radical (unpaired) electrons. The van der Waals surface area contributed by atoms with Crippen molar-refractivity contribution in [1.82, 2.24) is 9.97 Å². The van der Waals surface area contributed by atoms with Crippen LogP contribution in [0.5, 0.6) is 0 Å². The molecule has 0 atom stereocenters. The summed E-state index contributed by atoms with van der Waals surface area (Å²) < 4.78 is 0. The first kappa shape index (κ1) is 10.3. The zero-order valence-corrected chi connectivity index (χ0v) is 11.0. The number of fused-ring (bicyclic) bond motifs is 6. The van der Waals surface area contributed by atoms with E-state index in [4.69, 9.17) is 0 Å². The Hall–Kier alpha value is -2.48. The molecule has 2 nitrogen and oxygen atoms in total. The van der Waals surface area contributed by atoms with E-state index >= 15 is 0 Å². The third-order valence-corrected chi connectivity index (χ3v) is 4.41. The second-order valence-corrected chi connectivity index (χ2v) is 5.57. The van der Waals surface area contributed by atoms with Crippen LogP contribution in [0.2, 0.25) is 0 Å². The second kappa shape index (κ2) is 3.54. The number of nitrogens with one attached hydrogen (secondary N) is 2. The first-order chi connectivity index (χ1) is 9.90. The fraction of sp³-hybridized carbons (Fsp3) is 0.111. The highest BCUT2D eigenvalue weighted by Crippen LogP contribution is 2.33. The lowest BCUT2D eigenvalue weighted by Gasteiger charge is -2.04. The molecule has 0 bridgehead atoms. The van der Waals surface area contributed by atoms with Crippen LogP contribution in [-0.4, -0.2) is 9.97 Å². The van der Waals surface area contributed by atoms with Crippen LogP contribution in [0.25, 0.3) is 38.8 Å². The van der Waals surface area contributed by atoms with E-state index in [2.05, 4.69) is 58.5 Å². The van der Waals surface area contributed by atoms with E-state index in [1.807, 2.05) is 0 Å². The average molecular weight is 258 g/mol. The summed E-state index contributed by atoms with van der Waals surface area (Å²) in [7, 11) is 0. The number of rotatable bonds is 0. The lowest BCUT2D eigenvalue weighted by Crippen LogP contribution is -1.90. The van der Waals surface area contributed by atoms with Crippen molar-refractivity contribution in [1.29, 1.82) is 0 Å². The van der Waals surface area contributed by atoms with E-state index in [1.54, 1.807) is 0 Å². The molecule has 96 valence electrons. The van der Waals surface area contributed by atoms with Gasteiger partial charge in [0.1, 0.15) is 0 Å². The molecule has 0 unspecified atom stereocenters. The minimum Gasteiger partial charge on any atom is -0.355 e. The molecule has 0 fully saturated rings. The Labute approximate surface area is 116 Å². The summed E-state index contributed by atoms with van der Waals surface area (Å²) in [5.74, 6) is 0. The molecule has 0 aliphatic heterocycles. The fourth-order valence-corrected chi connectivity index (χ4v) is 3.46. The van der Waals surface area contributed by atoms with Crippen molar-refractivity contribution in [2.24, 2.45) is 0 Å². The van der Waals surface area contributed by atoms with Crippen molar-refractivity contribution in [3.63, 3.8) is 0 Å². The number of aromatic nitrogens is 2. The van der Waals surface area contributed by atoms with E-state index in [0.29, 0.717) is 0 Å². The van der Waals surface area contributed by atoms with Crippen LogP contribution in [0.3, 0.4) is 0 Å². The molecular formula is C18H14N2. The van der Waals surface area contributed by atoms with E-state index in [1.165, 1.54) is 44.0 Å². The number of benzene rings is 2. The smallest absolute Gasteiger partial charge is 0.0472 e. The third kappa shape index (κ3) is 1.23. The fourth-order valence-electron chi connectivity index (χ4n) is 3.46. The van der Waals surface area contributed by atoms with Gasteiger partial charge >= 0.3 is 0 Å². The molecule has 2 heterocycles. The van der Waals surface area contributed by atoms with Gasteiger partial charge in [0.2, 0.25) is 0 Å². The summed E-state index contributed by atoms with van der Waals surface area (Å²) in [6.45, 7) is 0. The Balaban J connectivity index is 1.96. The van der Waals surface area contributed by atoms with Crippen molar-refractivity contribution >= 4 is 38.8 Å². The van der Waals surface area contributed by atoms with Crippen LogP contribution in [0.1, 0.15) is 17.7 Å². The molecule has 0 spiro atoms. The van der Waals surface area contributed by atoms with Gasteiger partial charge in [-0.15, -0.1) is 0 Å². The topological polar surface area (TPSA) is 31.6 Å². The predicted molar refractivity (Wildman–Crippen MR) is 85.0 cm³/mol. The summed E-state index contributed by atoms with van der Waals surface area (Å²) in [6.07, 6.45) is 6.74. The monoisotopic (exact) mass is 258 g/mol. The molecule has 1 aliphatic rings. The van der Waals surface area contributed by atoms with Crippen LogP contribution < -0.4 is 0 Å². The predicted octanol–water partition coefficient (Wildman–Crippen LogP) is 4.76. The third-order valence-electron chi connectivity index (χ3n) is 4.41.